The van der Waals surface area contributed by atoms with E-state index >= 15 is 0 Å². The summed E-state index contributed by atoms with van der Waals surface area (Å²) in [5.74, 6) is -0.0487. The Labute approximate surface area is 112 Å². The summed E-state index contributed by atoms with van der Waals surface area (Å²) in [5.41, 5.74) is 1.79. The molecule has 1 aromatic rings. The number of halogens is 1. The second-order valence-corrected chi connectivity index (χ2v) is 5.11. The third-order valence-corrected chi connectivity index (χ3v) is 3.68. The molecular formula is C14H16ClNO2. The van der Waals surface area contributed by atoms with E-state index in [-0.39, 0.29) is 17.1 Å². The molecule has 18 heavy (non-hydrogen) atoms. The van der Waals surface area contributed by atoms with E-state index in [4.69, 9.17) is 11.6 Å². The van der Waals surface area contributed by atoms with E-state index in [9.17, 15) is 9.59 Å². The average molecular weight is 266 g/mol. The van der Waals surface area contributed by atoms with Crippen LogP contribution in [-0.2, 0) is 4.79 Å². The number of likely N-dealkylation sites (tertiary alicyclic amines) is 1. The van der Waals surface area contributed by atoms with Gasteiger partial charge >= 0.3 is 0 Å². The van der Waals surface area contributed by atoms with Gasteiger partial charge in [-0.2, -0.15) is 0 Å². The molecule has 4 heteroatoms. The van der Waals surface area contributed by atoms with Crippen molar-refractivity contribution in [2.24, 2.45) is 5.92 Å². The third-order valence-electron chi connectivity index (χ3n) is 3.37. The number of aryl methyl sites for hydroxylation is 1. The second-order valence-electron chi connectivity index (χ2n) is 4.74. The number of carbonyl (C=O) groups is 2. The number of rotatable bonds is 2. The van der Waals surface area contributed by atoms with Crippen LogP contribution >= 0.6 is 11.6 Å². The molecule has 1 amide bonds. The smallest absolute Gasteiger partial charge is 0.253 e. The van der Waals surface area contributed by atoms with Crippen molar-refractivity contribution in [1.29, 1.82) is 0 Å². The van der Waals surface area contributed by atoms with Crippen LogP contribution < -0.4 is 0 Å². The van der Waals surface area contributed by atoms with E-state index in [1.165, 1.54) is 0 Å². The molecular weight excluding hydrogens is 250 g/mol. The minimum atomic E-state index is -0.280. The minimum absolute atomic E-state index is 0.0409. The number of amides is 1. The van der Waals surface area contributed by atoms with E-state index in [2.05, 4.69) is 0 Å². The van der Waals surface area contributed by atoms with Crippen molar-refractivity contribution >= 4 is 22.8 Å². The van der Waals surface area contributed by atoms with Crippen LogP contribution in [0.25, 0.3) is 0 Å². The Kier molecular flexibility index (Phi) is 4.02. The maximum atomic E-state index is 12.2. The lowest BCUT2D eigenvalue weighted by molar-refractivity contribution is -0.116. The van der Waals surface area contributed by atoms with Crippen molar-refractivity contribution in [3.8, 4) is 0 Å². The Balaban J connectivity index is 2.02. The van der Waals surface area contributed by atoms with Crippen molar-refractivity contribution in [3.63, 3.8) is 0 Å². The van der Waals surface area contributed by atoms with Gasteiger partial charge in [0.25, 0.3) is 5.91 Å². The van der Waals surface area contributed by atoms with Crippen molar-refractivity contribution < 1.29 is 9.59 Å². The number of piperidine rings is 1. The number of hydrogen-bond donors (Lipinski definition) is 0. The molecule has 0 aromatic heterocycles. The van der Waals surface area contributed by atoms with E-state index in [1.54, 1.807) is 4.90 Å². The fourth-order valence-corrected chi connectivity index (χ4v) is 2.49. The van der Waals surface area contributed by atoms with Gasteiger partial charge in [-0.15, -0.1) is 0 Å². The number of hydrogen-bond acceptors (Lipinski definition) is 2. The Bertz CT molecular complexity index is 465. The van der Waals surface area contributed by atoms with Gasteiger partial charge in [0.15, 0.2) is 0 Å². The standard InChI is InChI=1S/C14H16ClNO2/c1-10-3-2-4-12(9-10)14(18)16-7-5-11(6-8-16)13(15)17/h2-4,9,11H,5-8H2,1H3. The monoisotopic (exact) mass is 265 g/mol. The van der Waals surface area contributed by atoms with Gasteiger partial charge in [-0.25, -0.2) is 0 Å². The summed E-state index contributed by atoms with van der Waals surface area (Å²) in [6.07, 6.45) is 1.33. The Morgan fingerprint density at radius 2 is 1.94 bits per heavy atom. The SMILES string of the molecule is Cc1cccc(C(=O)N2CCC(C(=O)Cl)CC2)c1. The fourth-order valence-electron chi connectivity index (χ4n) is 2.27. The molecule has 0 atom stereocenters. The normalized spacial score (nSPS) is 16.7. The Morgan fingerprint density at radius 3 is 2.50 bits per heavy atom. The van der Waals surface area contributed by atoms with Gasteiger partial charge in [0.2, 0.25) is 5.24 Å². The lowest BCUT2D eigenvalue weighted by Crippen LogP contribution is -2.39. The zero-order valence-corrected chi connectivity index (χ0v) is 11.1. The summed E-state index contributed by atoms with van der Waals surface area (Å²) in [6, 6.07) is 7.57. The van der Waals surface area contributed by atoms with Crippen molar-refractivity contribution in [2.75, 3.05) is 13.1 Å². The maximum Gasteiger partial charge on any atom is 0.253 e. The second kappa shape index (κ2) is 5.53. The summed E-state index contributed by atoms with van der Waals surface area (Å²) in [4.78, 5) is 25.1. The van der Waals surface area contributed by atoms with Crippen LogP contribution in [0.15, 0.2) is 24.3 Å². The molecule has 1 aliphatic heterocycles. The van der Waals surface area contributed by atoms with Crippen LogP contribution in [0.4, 0.5) is 0 Å². The number of carbonyl (C=O) groups excluding carboxylic acids is 2. The van der Waals surface area contributed by atoms with E-state index in [0.717, 1.165) is 5.56 Å². The predicted octanol–water partition coefficient (Wildman–Crippen LogP) is 2.61. The molecule has 0 bridgehead atoms. The molecule has 0 N–H and O–H groups in total. The van der Waals surface area contributed by atoms with Gasteiger partial charge in [-0.1, -0.05) is 17.7 Å². The van der Waals surface area contributed by atoms with Crippen LogP contribution in [0.5, 0.6) is 0 Å². The van der Waals surface area contributed by atoms with E-state index in [1.807, 2.05) is 31.2 Å². The quantitative estimate of drug-likeness (QED) is 0.771. The van der Waals surface area contributed by atoms with Crippen molar-refractivity contribution in [2.45, 2.75) is 19.8 Å². The zero-order valence-electron chi connectivity index (χ0n) is 10.4. The van der Waals surface area contributed by atoms with Crippen LogP contribution in [0.2, 0.25) is 0 Å². The predicted molar refractivity (Wildman–Crippen MR) is 70.7 cm³/mol. The third kappa shape index (κ3) is 2.91. The fraction of sp³-hybridized carbons (Fsp3) is 0.429. The van der Waals surface area contributed by atoms with Gasteiger partial charge < -0.3 is 4.90 Å². The minimum Gasteiger partial charge on any atom is -0.339 e. The molecule has 1 heterocycles. The molecule has 0 spiro atoms. The number of nitrogens with zero attached hydrogens (tertiary/aromatic N) is 1. The lowest BCUT2D eigenvalue weighted by atomic mass is 9.97. The molecule has 0 saturated carbocycles. The highest BCUT2D eigenvalue weighted by atomic mass is 35.5. The topological polar surface area (TPSA) is 37.4 Å². The first-order valence-electron chi connectivity index (χ1n) is 6.13. The lowest BCUT2D eigenvalue weighted by Gasteiger charge is -2.30. The Hall–Kier alpha value is -1.35. The molecule has 1 aliphatic rings. The first-order valence-corrected chi connectivity index (χ1v) is 6.51. The van der Waals surface area contributed by atoms with Crippen LogP contribution in [0, 0.1) is 12.8 Å². The van der Waals surface area contributed by atoms with Crippen molar-refractivity contribution in [1.82, 2.24) is 4.90 Å². The summed E-state index contributed by atoms with van der Waals surface area (Å²) >= 11 is 5.48. The van der Waals surface area contributed by atoms with Gasteiger partial charge in [0.05, 0.1) is 0 Å². The molecule has 1 aromatic carbocycles. The molecule has 0 aliphatic carbocycles. The summed E-state index contributed by atoms with van der Waals surface area (Å²) in [7, 11) is 0. The van der Waals surface area contributed by atoms with Crippen LogP contribution in [0.1, 0.15) is 28.8 Å². The summed E-state index contributed by atoms with van der Waals surface area (Å²) < 4.78 is 0. The van der Waals surface area contributed by atoms with Gasteiger partial charge in [-0.3, -0.25) is 9.59 Å². The molecule has 1 fully saturated rings. The highest BCUT2D eigenvalue weighted by molar-refractivity contribution is 6.64. The highest BCUT2D eigenvalue weighted by Gasteiger charge is 2.26. The van der Waals surface area contributed by atoms with Gasteiger partial charge in [0, 0.05) is 24.6 Å². The maximum absolute atomic E-state index is 12.2. The summed E-state index contributed by atoms with van der Waals surface area (Å²) in [5, 5.41) is -0.280. The molecule has 96 valence electrons. The summed E-state index contributed by atoms with van der Waals surface area (Å²) in [6.45, 7) is 3.18. The molecule has 0 radical (unpaired) electrons. The molecule has 0 unspecified atom stereocenters. The van der Waals surface area contributed by atoms with Crippen LogP contribution in [0.3, 0.4) is 0 Å². The van der Waals surface area contributed by atoms with Crippen LogP contribution in [-0.4, -0.2) is 29.1 Å². The first kappa shape index (κ1) is 13.1. The van der Waals surface area contributed by atoms with Gasteiger partial charge in [-0.05, 0) is 43.5 Å². The van der Waals surface area contributed by atoms with E-state index in [0.29, 0.717) is 31.5 Å². The number of benzene rings is 1. The molecule has 2 rings (SSSR count). The average Bonchev–Trinajstić information content (AvgIpc) is 2.38. The highest BCUT2D eigenvalue weighted by Crippen LogP contribution is 2.21. The Morgan fingerprint density at radius 1 is 1.28 bits per heavy atom. The van der Waals surface area contributed by atoms with Gasteiger partial charge in [0.1, 0.15) is 0 Å². The van der Waals surface area contributed by atoms with Crippen molar-refractivity contribution in [3.05, 3.63) is 35.4 Å². The molecule has 1 saturated heterocycles. The molecule has 3 nitrogen and oxygen atoms in total. The largest absolute Gasteiger partial charge is 0.339 e. The van der Waals surface area contributed by atoms with E-state index < -0.39 is 0 Å². The first-order chi connectivity index (χ1) is 8.58. The zero-order chi connectivity index (χ0) is 13.1.